The van der Waals surface area contributed by atoms with Gasteiger partial charge in [0.05, 0.1) is 29.2 Å². The zero-order chi connectivity index (χ0) is 23.3. The summed E-state index contributed by atoms with van der Waals surface area (Å²) in [4.78, 5) is 32.6. The molecule has 13 heteroatoms. The molecule has 0 fully saturated rings. The zero-order valence-electron chi connectivity index (χ0n) is 16.8. The summed E-state index contributed by atoms with van der Waals surface area (Å²) in [5.74, 6) is -0.335. The van der Waals surface area contributed by atoms with Gasteiger partial charge in [0, 0.05) is 11.8 Å². The molecule has 3 aromatic rings. The van der Waals surface area contributed by atoms with Gasteiger partial charge in [-0.15, -0.1) is 0 Å². The third-order valence-electron chi connectivity index (χ3n) is 4.08. The van der Waals surface area contributed by atoms with E-state index in [1.165, 1.54) is 25.5 Å². The number of aryl methyl sites for hydroxylation is 1. The van der Waals surface area contributed by atoms with Crippen LogP contribution in [0.15, 0.2) is 47.6 Å². The number of aromatic amines is 1. The molecule has 0 atom stereocenters. The average Bonchev–Trinajstić information content (AvgIpc) is 3.21. The van der Waals surface area contributed by atoms with Crippen LogP contribution >= 0.6 is 0 Å². The molecule has 2 N–H and O–H groups in total. The summed E-state index contributed by atoms with van der Waals surface area (Å²) in [6, 6.07) is 9.19. The first-order chi connectivity index (χ1) is 15.3. The Morgan fingerprint density at radius 1 is 1.09 bits per heavy atom. The van der Waals surface area contributed by atoms with Crippen molar-refractivity contribution in [2.24, 2.45) is 5.10 Å². The highest BCUT2D eigenvalue weighted by Crippen LogP contribution is 2.38. The summed E-state index contributed by atoms with van der Waals surface area (Å²) in [5.41, 5.74) is 2.78. The quantitative estimate of drug-likeness (QED) is 0.305. The molecule has 0 spiro atoms. The van der Waals surface area contributed by atoms with Crippen molar-refractivity contribution in [2.75, 3.05) is 7.11 Å². The van der Waals surface area contributed by atoms with Gasteiger partial charge in [-0.05, 0) is 42.8 Å². The largest absolute Gasteiger partial charge is 0.493 e. The van der Waals surface area contributed by atoms with E-state index in [9.17, 15) is 25.0 Å². The van der Waals surface area contributed by atoms with Crippen LogP contribution in [0.5, 0.6) is 17.2 Å². The number of amides is 1. The fourth-order valence-electron chi connectivity index (χ4n) is 2.57. The Morgan fingerprint density at radius 2 is 1.84 bits per heavy atom. The normalized spacial score (nSPS) is 10.7. The van der Waals surface area contributed by atoms with Crippen molar-refractivity contribution in [3.63, 3.8) is 0 Å². The topological polar surface area (TPSA) is 175 Å². The Morgan fingerprint density at radius 3 is 2.47 bits per heavy atom. The second-order valence-electron chi connectivity index (χ2n) is 6.31. The summed E-state index contributed by atoms with van der Waals surface area (Å²) in [6.07, 6.45) is 1.36. The molecule has 0 radical (unpaired) electrons. The van der Waals surface area contributed by atoms with Crippen molar-refractivity contribution < 1.29 is 24.1 Å². The van der Waals surface area contributed by atoms with E-state index in [-0.39, 0.29) is 22.9 Å². The molecule has 0 aliphatic heterocycles. The van der Waals surface area contributed by atoms with Gasteiger partial charge in [0.15, 0.2) is 17.2 Å². The van der Waals surface area contributed by atoms with E-state index in [0.717, 1.165) is 23.9 Å². The lowest BCUT2D eigenvalue weighted by molar-refractivity contribution is -0.394. The lowest BCUT2D eigenvalue weighted by atomic mass is 10.2. The number of benzene rings is 2. The third kappa shape index (κ3) is 5.02. The van der Waals surface area contributed by atoms with Crippen molar-refractivity contribution in [1.29, 1.82) is 0 Å². The molecule has 3 rings (SSSR count). The van der Waals surface area contributed by atoms with E-state index in [4.69, 9.17) is 9.47 Å². The number of hydrogen-bond donors (Lipinski definition) is 2. The number of nitro groups is 2. The Bertz CT molecular complexity index is 1220. The van der Waals surface area contributed by atoms with Crippen LogP contribution in [0.4, 0.5) is 11.4 Å². The number of nitro benzene ring substituents is 2. The van der Waals surface area contributed by atoms with Gasteiger partial charge in [-0.2, -0.15) is 10.2 Å². The second-order valence-corrected chi connectivity index (χ2v) is 6.31. The summed E-state index contributed by atoms with van der Waals surface area (Å²) in [5, 5.41) is 32.5. The van der Waals surface area contributed by atoms with Gasteiger partial charge in [-0.25, -0.2) is 5.43 Å². The van der Waals surface area contributed by atoms with Crippen LogP contribution < -0.4 is 14.9 Å². The molecule has 0 saturated heterocycles. The zero-order valence-corrected chi connectivity index (χ0v) is 16.8. The molecule has 32 heavy (non-hydrogen) atoms. The van der Waals surface area contributed by atoms with Crippen molar-refractivity contribution in [3.05, 3.63) is 79.6 Å². The predicted octanol–water partition coefficient (Wildman–Crippen LogP) is 3.10. The number of carbonyl (C=O) groups excluding carboxylic acids is 1. The van der Waals surface area contributed by atoms with Gasteiger partial charge in [0.25, 0.3) is 11.6 Å². The van der Waals surface area contributed by atoms with E-state index in [1.54, 1.807) is 19.1 Å². The Labute approximate surface area is 180 Å². The first-order valence-corrected chi connectivity index (χ1v) is 8.92. The fourth-order valence-corrected chi connectivity index (χ4v) is 2.57. The standard InChI is InChI=1S/C19H16N6O7/c1-11-7-14(22-21-11)19(26)23-20-10-12-3-5-17(18(8-12)31-2)32-16-6-4-13(24(27)28)9-15(16)25(29)30/h3-10H,1-2H3,(H,21,22)(H,23,26)/b20-10-. The number of H-pyrrole nitrogens is 1. The Hall–Kier alpha value is -4.81. The minimum atomic E-state index is -0.778. The van der Waals surface area contributed by atoms with E-state index >= 15 is 0 Å². The highest BCUT2D eigenvalue weighted by Gasteiger charge is 2.22. The number of carbonyl (C=O) groups is 1. The van der Waals surface area contributed by atoms with Crippen LogP contribution in [0.1, 0.15) is 21.7 Å². The van der Waals surface area contributed by atoms with Crippen LogP contribution in [0.3, 0.4) is 0 Å². The Kier molecular flexibility index (Phi) is 6.39. The number of methoxy groups -OCH3 is 1. The SMILES string of the molecule is COc1cc(/C=N\NC(=O)c2cc(C)[nH]n2)ccc1Oc1ccc([N+](=O)[O-])cc1[N+](=O)[O-]. The molecular weight excluding hydrogens is 424 g/mol. The maximum absolute atomic E-state index is 11.9. The van der Waals surface area contributed by atoms with Crippen LogP contribution in [-0.4, -0.2) is 39.3 Å². The first kappa shape index (κ1) is 21.9. The van der Waals surface area contributed by atoms with Gasteiger partial charge < -0.3 is 9.47 Å². The molecule has 13 nitrogen and oxygen atoms in total. The molecule has 2 aromatic carbocycles. The van der Waals surface area contributed by atoms with Crippen LogP contribution in [0.2, 0.25) is 0 Å². The van der Waals surface area contributed by atoms with Crippen molar-refractivity contribution in [2.45, 2.75) is 6.92 Å². The predicted molar refractivity (Wildman–Crippen MR) is 111 cm³/mol. The van der Waals surface area contributed by atoms with Crippen molar-refractivity contribution >= 4 is 23.5 Å². The van der Waals surface area contributed by atoms with Crippen molar-refractivity contribution in [1.82, 2.24) is 15.6 Å². The van der Waals surface area contributed by atoms with Crippen LogP contribution in [-0.2, 0) is 0 Å². The highest BCUT2D eigenvalue weighted by atomic mass is 16.6. The minimum absolute atomic E-state index is 0.137. The fraction of sp³-hybridized carbons (Fsp3) is 0.105. The maximum Gasteiger partial charge on any atom is 0.318 e. The van der Waals surface area contributed by atoms with Gasteiger partial charge in [-0.1, -0.05) is 0 Å². The molecule has 1 aromatic heterocycles. The number of non-ortho nitro benzene ring substituents is 1. The second kappa shape index (κ2) is 9.34. The monoisotopic (exact) mass is 440 g/mol. The first-order valence-electron chi connectivity index (χ1n) is 8.92. The molecule has 1 amide bonds. The summed E-state index contributed by atoms with van der Waals surface area (Å²) >= 11 is 0. The summed E-state index contributed by atoms with van der Waals surface area (Å²) < 4.78 is 10.8. The van der Waals surface area contributed by atoms with E-state index in [2.05, 4.69) is 20.7 Å². The van der Waals surface area contributed by atoms with Crippen LogP contribution in [0, 0.1) is 27.2 Å². The molecule has 0 unspecified atom stereocenters. The van der Waals surface area contributed by atoms with E-state index in [0.29, 0.717) is 5.56 Å². The van der Waals surface area contributed by atoms with E-state index in [1.807, 2.05) is 0 Å². The number of rotatable bonds is 8. The van der Waals surface area contributed by atoms with Gasteiger partial charge in [-0.3, -0.25) is 30.1 Å². The lowest BCUT2D eigenvalue weighted by Gasteiger charge is -2.11. The summed E-state index contributed by atoms with van der Waals surface area (Å²) in [7, 11) is 1.37. The molecule has 0 aliphatic rings. The molecular formula is C19H16N6O7. The van der Waals surface area contributed by atoms with Gasteiger partial charge in [0.2, 0.25) is 5.75 Å². The smallest absolute Gasteiger partial charge is 0.318 e. The maximum atomic E-state index is 11.9. The molecule has 164 valence electrons. The molecule has 0 bridgehead atoms. The van der Waals surface area contributed by atoms with Crippen LogP contribution in [0.25, 0.3) is 0 Å². The third-order valence-corrected chi connectivity index (χ3v) is 4.08. The number of ether oxygens (including phenoxy) is 2. The van der Waals surface area contributed by atoms with Gasteiger partial charge >= 0.3 is 5.69 Å². The Balaban J connectivity index is 1.78. The number of hydrazone groups is 1. The number of hydrogen-bond acceptors (Lipinski definition) is 9. The highest BCUT2D eigenvalue weighted by molar-refractivity contribution is 5.93. The molecule has 0 aliphatic carbocycles. The average molecular weight is 440 g/mol. The minimum Gasteiger partial charge on any atom is -0.493 e. The number of nitrogens with zero attached hydrogens (tertiary/aromatic N) is 4. The number of aromatic nitrogens is 2. The number of nitrogens with one attached hydrogen (secondary N) is 2. The molecule has 1 heterocycles. The lowest BCUT2D eigenvalue weighted by Crippen LogP contribution is -2.18. The summed E-state index contributed by atoms with van der Waals surface area (Å²) in [6.45, 7) is 1.76. The van der Waals surface area contributed by atoms with Crippen molar-refractivity contribution in [3.8, 4) is 17.2 Å². The molecule has 0 saturated carbocycles. The van der Waals surface area contributed by atoms with Gasteiger partial charge in [0.1, 0.15) is 0 Å². The van der Waals surface area contributed by atoms with E-state index < -0.39 is 27.1 Å².